The van der Waals surface area contributed by atoms with E-state index in [0.717, 1.165) is 5.75 Å². The zero-order valence-electron chi connectivity index (χ0n) is 2.77. The monoisotopic (exact) mass is 84.0 g/mol. The Kier molecular flexibility index (Phi) is 0.991. The molecule has 0 aromatic heterocycles. The summed E-state index contributed by atoms with van der Waals surface area (Å²) in [5, 5.41) is 0. The molecule has 0 spiro atoms. The van der Waals surface area contributed by atoms with E-state index in [-0.39, 0.29) is 0 Å². The van der Waals surface area contributed by atoms with Gasteiger partial charge in [-0.2, -0.15) is 0 Å². The molecule has 0 saturated carbocycles. The van der Waals surface area contributed by atoms with Gasteiger partial charge in [0.25, 0.3) is 0 Å². The lowest BCUT2D eigenvalue weighted by molar-refractivity contribution is 1.79. The van der Waals surface area contributed by atoms with Crippen LogP contribution in [0.25, 0.3) is 0 Å². The Morgan fingerprint density at radius 2 is 2.80 bits per heavy atom. The molecule has 26 valence electrons. The third kappa shape index (κ3) is 0.690. The minimum Gasteiger partial charge on any atom is -0.148 e. The predicted molar refractivity (Wildman–Crippen MR) is 24.6 cm³/mol. The van der Waals surface area contributed by atoms with Crippen molar-refractivity contribution < 1.29 is 0 Å². The van der Waals surface area contributed by atoms with Crippen molar-refractivity contribution in [2.75, 3.05) is 5.75 Å². The van der Waals surface area contributed by atoms with Gasteiger partial charge in [-0.15, -0.1) is 11.8 Å². The first-order chi connectivity index (χ1) is 2.50. The zero-order chi connectivity index (χ0) is 3.54. The Morgan fingerprint density at radius 1 is 1.80 bits per heavy atom. The van der Waals surface area contributed by atoms with Gasteiger partial charge < -0.3 is 0 Å². The summed E-state index contributed by atoms with van der Waals surface area (Å²) in [7, 11) is 0. The van der Waals surface area contributed by atoms with E-state index in [1.165, 1.54) is 0 Å². The van der Waals surface area contributed by atoms with Crippen molar-refractivity contribution in [1.82, 2.24) is 0 Å². The lowest BCUT2D eigenvalue weighted by Crippen LogP contribution is -1.48. The van der Waals surface area contributed by atoms with Crippen molar-refractivity contribution in [1.29, 1.82) is 0 Å². The Balaban J connectivity index is 2.32. The van der Waals surface area contributed by atoms with Gasteiger partial charge in [-0.25, -0.2) is 0 Å². The van der Waals surface area contributed by atoms with Crippen LogP contribution in [0.5, 0.6) is 0 Å². The molecule has 0 amide bonds. The molecule has 5 heavy (non-hydrogen) atoms. The highest BCUT2D eigenvalue weighted by atomic mass is 32.2. The van der Waals surface area contributed by atoms with Gasteiger partial charge in [-0.3, -0.25) is 0 Å². The van der Waals surface area contributed by atoms with Gasteiger partial charge in [0.15, 0.2) is 0 Å². The van der Waals surface area contributed by atoms with E-state index >= 15 is 0 Å². The van der Waals surface area contributed by atoms with Crippen LogP contribution in [0.15, 0.2) is 6.08 Å². The molecule has 1 heteroatoms. The van der Waals surface area contributed by atoms with Crippen LogP contribution in [0.4, 0.5) is 0 Å². The average molecular weight is 84.1 g/mol. The van der Waals surface area contributed by atoms with Gasteiger partial charge in [0.2, 0.25) is 0 Å². The van der Waals surface area contributed by atoms with Crippen molar-refractivity contribution in [2.45, 2.75) is 0 Å². The molecule has 0 fully saturated rings. The minimum atomic E-state index is 1.12. The number of hydrogen-bond donors (Lipinski definition) is 0. The van der Waals surface area contributed by atoms with Crippen LogP contribution in [0, 0.1) is 11.8 Å². The van der Waals surface area contributed by atoms with E-state index < -0.39 is 0 Å². The Labute approximate surface area is 36.3 Å². The molecule has 0 saturated heterocycles. The normalized spacial score (nSPS) is 20.8. The minimum absolute atomic E-state index is 1.12. The molecule has 1 rings (SSSR count). The van der Waals surface area contributed by atoms with Gasteiger partial charge in [0.05, 0.1) is 0 Å². The van der Waals surface area contributed by atoms with Gasteiger partial charge in [-0.1, -0.05) is 6.08 Å². The highest BCUT2D eigenvalue weighted by molar-refractivity contribution is 8.01. The number of rotatable bonds is 0. The maximum absolute atomic E-state index is 2.94. The SMILES string of the molecule is [C]1=CCS[CH]1. The second-order valence-corrected chi connectivity index (χ2v) is 1.72. The summed E-state index contributed by atoms with van der Waals surface area (Å²) in [6.45, 7) is 0. The molecule has 0 aromatic carbocycles. The summed E-state index contributed by atoms with van der Waals surface area (Å²) < 4.78 is 0. The summed E-state index contributed by atoms with van der Waals surface area (Å²) in [5.74, 6) is 3.10. The first kappa shape index (κ1) is 3.29. The van der Waals surface area contributed by atoms with Crippen LogP contribution in [0.3, 0.4) is 0 Å². The van der Waals surface area contributed by atoms with Crippen LogP contribution in [0.2, 0.25) is 0 Å². The van der Waals surface area contributed by atoms with Crippen molar-refractivity contribution in [2.24, 2.45) is 0 Å². The summed E-state index contributed by atoms with van der Waals surface area (Å²) in [5.41, 5.74) is 0. The highest BCUT2D eigenvalue weighted by Crippen LogP contribution is 2.11. The molecule has 1 heterocycles. The lowest BCUT2D eigenvalue weighted by Gasteiger charge is -1.69. The average Bonchev–Trinajstić information content (AvgIpc) is 1.76. The van der Waals surface area contributed by atoms with E-state index in [9.17, 15) is 0 Å². The summed E-state index contributed by atoms with van der Waals surface area (Å²) in [6, 6.07) is 0. The molecule has 2 radical (unpaired) electrons. The molecule has 0 aliphatic carbocycles. The van der Waals surface area contributed by atoms with Crippen LogP contribution >= 0.6 is 11.8 Å². The molecule has 0 nitrogen and oxygen atoms in total. The first-order valence-corrected chi connectivity index (χ1v) is 2.56. The molecule has 0 aromatic rings. The van der Waals surface area contributed by atoms with E-state index in [4.69, 9.17) is 0 Å². The fraction of sp³-hybridized carbons (Fsp3) is 0.250. The lowest BCUT2D eigenvalue weighted by atomic mass is 10.6. The van der Waals surface area contributed by atoms with E-state index in [0.29, 0.717) is 0 Å². The number of hydrogen-bond acceptors (Lipinski definition) is 1. The first-order valence-electron chi connectivity index (χ1n) is 1.51. The van der Waals surface area contributed by atoms with Crippen LogP contribution in [0.1, 0.15) is 0 Å². The molecule has 1 aliphatic heterocycles. The van der Waals surface area contributed by atoms with E-state index in [2.05, 4.69) is 6.08 Å². The fourth-order valence-electron chi connectivity index (χ4n) is 0.241. The maximum atomic E-state index is 2.94. The second-order valence-electron chi connectivity index (χ2n) is 0.822. The third-order valence-corrected chi connectivity index (χ3v) is 1.11. The van der Waals surface area contributed by atoms with Crippen LogP contribution < -0.4 is 0 Å². The number of thioether (sulfide) groups is 1. The highest BCUT2D eigenvalue weighted by Gasteiger charge is 1.86. The summed E-state index contributed by atoms with van der Waals surface area (Å²) in [6.07, 6.45) is 4.95. The van der Waals surface area contributed by atoms with E-state index in [1.807, 2.05) is 11.8 Å². The molecular weight excluding hydrogens is 80.1 g/mol. The smallest absolute Gasteiger partial charge is 0.0460 e. The predicted octanol–water partition coefficient (Wildman–Crippen LogP) is 1.25. The molecule has 1 aliphatic rings. The van der Waals surface area contributed by atoms with Gasteiger partial charge in [0.1, 0.15) is 0 Å². The van der Waals surface area contributed by atoms with Gasteiger partial charge >= 0.3 is 0 Å². The Bertz CT molecular complexity index is 41.6. The summed E-state index contributed by atoms with van der Waals surface area (Å²) in [4.78, 5) is 0. The standard InChI is InChI=1S/C4H4S/c1-2-4-5-3-1/h1,4H,3H2. The maximum Gasteiger partial charge on any atom is 0.0460 e. The van der Waals surface area contributed by atoms with Crippen LogP contribution in [-0.2, 0) is 0 Å². The molecular formula is C4H4S. The molecule has 0 N–H and O–H groups in total. The largest absolute Gasteiger partial charge is 0.148 e. The fourth-order valence-corrected chi connectivity index (χ4v) is 0.722. The van der Waals surface area contributed by atoms with Crippen molar-refractivity contribution in [3.8, 4) is 0 Å². The zero-order valence-corrected chi connectivity index (χ0v) is 3.59. The van der Waals surface area contributed by atoms with Gasteiger partial charge in [0, 0.05) is 11.5 Å². The molecule has 0 unspecified atom stereocenters. The van der Waals surface area contributed by atoms with Crippen molar-refractivity contribution in [3.05, 3.63) is 17.9 Å². The Morgan fingerprint density at radius 3 is 3.00 bits per heavy atom. The second kappa shape index (κ2) is 1.51. The topological polar surface area (TPSA) is 0 Å². The van der Waals surface area contributed by atoms with Gasteiger partial charge in [-0.05, 0) is 6.08 Å². The summed E-state index contributed by atoms with van der Waals surface area (Å²) >= 11 is 1.78. The quantitative estimate of drug-likeness (QED) is 0.425. The third-order valence-electron chi connectivity index (χ3n) is 0.449. The van der Waals surface area contributed by atoms with E-state index in [1.54, 1.807) is 11.8 Å². The van der Waals surface area contributed by atoms with Crippen molar-refractivity contribution in [3.63, 3.8) is 0 Å². The van der Waals surface area contributed by atoms with Crippen molar-refractivity contribution >= 4 is 11.8 Å². The Hall–Kier alpha value is 0.0900. The molecule has 0 bridgehead atoms. The molecule has 0 atom stereocenters. The van der Waals surface area contributed by atoms with Crippen LogP contribution in [-0.4, -0.2) is 5.75 Å².